The number of hydrogen-bond acceptors (Lipinski definition) is 3. The molecule has 3 heteroatoms. The third-order valence-corrected chi connectivity index (χ3v) is 10.1. The van der Waals surface area contributed by atoms with Crippen molar-refractivity contribution in [3.05, 3.63) is 175 Å². The van der Waals surface area contributed by atoms with Crippen molar-refractivity contribution < 1.29 is 9.47 Å². The Kier molecular flexibility index (Phi) is 6.87. The third kappa shape index (κ3) is 4.89. The summed E-state index contributed by atoms with van der Waals surface area (Å²) < 4.78 is 12.0. The Hall–Kier alpha value is -6.06. The molecule has 1 aliphatic heterocycles. The minimum Gasteiger partial charge on any atom is -0.454 e. The van der Waals surface area contributed by atoms with Crippen LogP contribution >= 0.6 is 0 Å². The number of benzene rings is 7. The molecule has 0 saturated heterocycles. The lowest BCUT2D eigenvalue weighted by molar-refractivity contribution is 0.174. The molecule has 0 amide bonds. The van der Waals surface area contributed by atoms with Crippen LogP contribution in [0.3, 0.4) is 0 Å². The molecule has 0 atom stereocenters. The molecule has 0 aromatic heterocycles. The summed E-state index contributed by atoms with van der Waals surface area (Å²) in [6.45, 7) is 4.89. The summed E-state index contributed by atoms with van der Waals surface area (Å²) in [5, 5.41) is 0. The fraction of sp³-hybridized carbons (Fsp3) is 0.0870. The molecule has 1 heterocycles. The van der Waals surface area contributed by atoms with Crippen LogP contribution in [0, 0.1) is 0 Å². The van der Waals surface area contributed by atoms with Crippen LogP contribution in [0.5, 0.6) is 11.5 Å². The minimum absolute atomic E-state index is 0.169. The van der Waals surface area contributed by atoms with E-state index in [1.807, 2.05) is 6.07 Å². The van der Waals surface area contributed by atoms with Crippen LogP contribution in [0.25, 0.3) is 44.5 Å². The molecule has 1 aliphatic carbocycles. The highest BCUT2D eigenvalue weighted by Gasteiger charge is 2.37. The maximum absolute atomic E-state index is 6.15. The Balaban J connectivity index is 1.29. The van der Waals surface area contributed by atoms with Gasteiger partial charge in [-0.1, -0.05) is 135 Å². The van der Waals surface area contributed by atoms with Gasteiger partial charge in [0.2, 0.25) is 6.79 Å². The molecule has 9 rings (SSSR count). The van der Waals surface area contributed by atoms with E-state index in [9.17, 15) is 0 Å². The van der Waals surface area contributed by atoms with Crippen molar-refractivity contribution in [2.75, 3.05) is 11.7 Å². The summed E-state index contributed by atoms with van der Waals surface area (Å²) >= 11 is 0. The molecule has 7 aromatic carbocycles. The Morgan fingerprint density at radius 2 is 1.00 bits per heavy atom. The standard InChI is InChI=1S/C46H35NO2/c1-46(2)41-18-10-9-16-37(41)39-28-40(38-17-11-19-44-45(38)49-30-48-44)43(29-42(39)46)47(35-24-20-33(21-25-35)31-12-5-3-6-13-31)36-26-22-34(23-27-36)32-14-7-4-8-15-32/h3-29H,30H2,1-2H3. The van der Waals surface area contributed by atoms with Crippen molar-refractivity contribution in [3.63, 3.8) is 0 Å². The molecule has 0 saturated carbocycles. The number of nitrogens with zero attached hydrogens (tertiary/aromatic N) is 1. The molecule has 49 heavy (non-hydrogen) atoms. The number of rotatable bonds is 6. The lowest BCUT2D eigenvalue weighted by atomic mass is 9.81. The lowest BCUT2D eigenvalue weighted by Gasteiger charge is -2.31. The van der Waals surface area contributed by atoms with E-state index in [0.29, 0.717) is 0 Å². The highest BCUT2D eigenvalue weighted by molar-refractivity contribution is 5.96. The van der Waals surface area contributed by atoms with Gasteiger partial charge >= 0.3 is 0 Å². The summed E-state index contributed by atoms with van der Waals surface area (Å²) in [7, 11) is 0. The minimum atomic E-state index is -0.169. The predicted molar refractivity (Wildman–Crippen MR) is 201 cm³/mol. The SMILES string of the molecule is CC1(C)c2ccccc2-c2cc(-c3cccc4c3OCO4)c(N(c3ccc(-c4ccccc4)cc3)c3ccc(-c4ccccc4)cc3)cc21. The lowest BCUT2D eigenvalue weighted by Crippen LogP contribution is -2.17. The van der Waals surface area contributed by atoms with Gasteiger partial charge in [0.15, 0.2) is 11.5 Å². The molecule has 2 aliphatic rings. The van der Waals surface area contributed by atoms with Gasteiger partial charge in [-0.3, -0.25) is 0 Å². The number of para-hydroxylation sites is 1. The fourth-order valence-electron chi connectivity index (χ4n) is 7.57. The number of anilines is 3. The highest BCUT2D eigenvalue weighted by Crippen LogP contribution is 2.55. The van der Waals surface area contributed by atoms with Gasteiger partial charge < -0.3 is 14.4 Å². The van der Waals surface area contributed by atoms with Crippen LogP contribution in [-0.4, -0.2) is 6.79 Å². The molecule has 236 valence electrons. The first-order valence-corrected chi connectivity index (χ1v) is 16.8. The van der Waals surface area contributed by atoms with Crippen LogP contribution in [0.15, 0.2) is 164 Å². The average Bonchev–Trinajstić information content (AvgIpc) is 3.73. The van der Waals surface area contributed by atoms with Crippen molar-refractivity contribution in [1.82, 2.24) is 0 Å². The Labute approximate surface area is 287 Å². The summed E-state index contributed by atoms with van der Waals surface area (Å²) in [6, 6.07) is 58.7. The second-order valence-corrected chi connectivity index (χ2v) is 13.3. The third-order valence-electron chi connectivity index (χ3n) is 10.1. The van der Waals surface area contributed by atoms with E-state index in [-0.39, 0.29) is 12.2 Å². The van der Waals surface area contributed by atoms with Gasteiger partial charge in [-0.25, -0.2) is 0 Å². The summed E-state index contributed by atoms with van der Waals surface area (Å²) in [5.74, 6) is 1.56. The van der Waals surface area contributed by atoms with Gasteiger partial charge in [-0.05, 0) is 87.0 Å². The quantitative estimate of drug-likeness (QED) is 0.182. The number of ether oxygens (including phenoxy) is 2. The van der Waals surface area contributed by atoms with Crippen LogP contribution in [-0.2, 0) is 5.41 Å². The van der Waals surface area contributed by atoms with Crippen LogP contribution in [0.4, 0.5) is 17.1 Å². The normalized spacial score (nSPS) is 13.5. The van der Waals surface area contributed by atoms with E-state index in [1.165, 1.54) is 44.5 Å². The first-order valence-electron chi connectivity index (χ1n) is 16.8. The van der Waals surface area contributed by atoms with Gasteiger partial charge in [-0.15, -0.1) is 0 Å². The maximum atomic E-state index is 6.15. The number of hydrogen-bond donors (Lipinski definition) is 0. The summed E-state index contributed by atoms with van der Waals surface area (Å²) in [4.78, 5) is 2.40. The van der Waals surface area contributed by atoms with Crippen molar-refractivity contribution >= 4 is 17.1 Å². The number of fused-ring (bicyclic) bond motifs is 4. The monoisotopic (exact) mass is 633 g/mol. The molecule has 3 nitrogen and oxygen atoms in total. The Morgan fingerprint density at radius 1 is 0.449 bits per heavy atom. The van der Waals surface area contributed by atoms with Gasteiger partial charge in [0.25, 0.3) is 0 Å². The largest absolute Gasteiger partial charge is 0.454 e. The van der Waals surface area contributed by atoms with Crippen LogP contribution in [0.2, 0.25) is 0 Å². The average molecular weight is 634 g/mol. The molecule has 7 aromatic rings. The van der Waals surface area contributed by atoms with Crippen molar-refractivity contribution in [2.24, 2.45) is 0 Å². The van der Waals surface area contributed by atoms with Crippen molar-refractivity contribution in [2.45, 2.75) is 19.3 Å². The van der Waals surface area contributed by atoms with E-state index in [4.69, 9.17) is 9.47 Å². The molecule has 0 fully saturated rings. The molecular formula is C46H35NO2. The van der Waals surface area contributed by atoms with Crippen LogP contribution in [0.1, 0.15) is 25.0 Å². The van der Waals surface area contributed by atoms with Crippen LogP contribution < -0.4 is 14.4 Å². The van der Waals surface area contributed by atoms with E-state index in [1.54, 1.807) is 0 Å². The molecule has 0 N–H and O–H groups in total. The zero-order valence-electron chi connectivity index (χ0n) is 27.6. The van der Waals surface area contributed by atoms with E-state index >= 15 is 0 Å². The van der Waals surface area contributed by atoms with E-state index < -0.39 is 0 Å². The highest BCUT2D eigenvalue weighted by atomic mass is 16.7. The second-order valence-electron chi connectivity index (χ2n) is 13.3. The van der Waals surface area contributed by atoms with Gasteiger partial charge in [0.1, 0.15) is 0 Å². The van der Waals surface area contributed by atoms with Gasteiger partial charge in [0, 0.05) is 27.9 Å². The van der Waals surface area contributed by atoms with Crippen molar-refractivity contribution in [3.8, 4) is 56.0 Å². The second kappa shape index (κ2) is 11.6. The van der Waals surface area contributed by atoms with Gasteiger partial charge in [-0.2, -0.15) is 0 Å². The first-order chi connectivity index (χ1) is 24.1. The molecule has 0 radical (unpaired) electrons. The molecular weight excluding hydrogens is 599 g/mol. The predicted octanol–water partition coefficient (Wildman–Crippen LogP) is 12.2. The zero-order valence-corrected chi connectivity index (χ0v) is 27.6. The molecule has 0 spiro atoms. The zero-order chi connectivity index (χ0) is 33.0. The van der Waals surface area contributed by atoms with Crippen molar-refractivity contribution in [1.29, 1.82) is 0 Å². The Morgan fingerprint density at radius 3 is 1.63 bits per heavy atom. The molecule has 0 bridgehead atoms. The first kappa shape index (κ1) is 29.1. The van der Waals surface area contributed by atoms with E-state index in [2.05, 4.69) is 176 Å². The van der Waals surface area contributed by atoms with E-state index in [0.717, 1.165) is 39.7 Å². The topological polar surface area (TPSA) is 21.7 Å². The van der Waals surface area contributed by atoms with Gasteiger partial charge in [0.05, 0.1) is 5.69 Å². The smallest absolute Gasteiger partial charge is 0.231 e. The fourth-order valence-corrected chi connectivity index (χ4v) is 7.57. The molecule has 0 unspecified atom stereocenters. The maximum Gasteiger partial charge on any atom is 0.231 e. The summed E-state index contributed by atoms with van der Waals surface area (Å²) in [6.07, 6.45) is 0. The Bertz CT molecular complexity index is 2230. The summed E-state index contributed by atoms with van der Waals surface area (Å²) in [5.41, 5.74) is 15.1.